The maximum atomic E-state index is 4.94. The molecular formula is C6H9BN2O2. The molecule has 4 nitrogen and oxygen atoms in total. The van der Waals surface area contributed by atoms with Gasteiger partial charge < -0.3 is 9.31 Å². The topological polar surface area (TPSA) is 44.2 Å². The molecule has 0 amide bonds. The third kappa shape index (κ3) is 1.99. The Bertz CT molecular complexity index is 203. The van der Waals surface area contributed by atoms with Crippen molar-refractivity contribution in [2.24, 2.45) is 0 Å². The van der Waals surface area contributed by atoms with Crippen molar-refractivity contribution in [3.05, 3.63) is 18.5 Å². The van der Waals surface area contributed by atoms with E-state index in [1.54, 1.807) is 32.7 Å². The Hall–Kier alpha value is -0.935. The summed E-state index contributed by atoms with van der Waals surface area (Å²) in [6, 6.07) is 1.74. The molecule has 0 saturated carbocycles. The fourth-order valence-corrected chi connectivity index (χ4v) is 0.739. The second-order valence-corrected chi connectivity index (χ2v) is 1.91. The zero-order chi connectivity index (χ0) is 8.10. The normalized spacial score (nSPS) is 9.64. The smallest absolute Gasteiger partial charge is 0.408 e. The molecule has 0 aromatic carbocycles. The molecule has 0 aliphatic heterocycles. The van der Waals surface area contributed by atoms with Crippen LogP contribution in [0.4, 0.5) is 0 Å². The molecule has 0 spiro atoms. The fraction of sp³-hybridized carbons (Fsp3) is 0.333. The van der Waals surface area contributed by atoms with E-state index >= 15 is 0 Å². The Morgan fingerprint density at radius 2 is 1.73 bits per heavy atom. The van der Waals surface area contributed by atoms with Crippen molar-refractivity contribution in [3.63, 3.8) is 0 Å². The summed E-state index contributed by atoms with van der Waals surface area (Å²) >= 11 is 0. The highest BCUT2D eigenvalue weighted by molar-refractivity contribution is 6.59. The van der Waals surface area contributed by atoms with Crippen LogP contribution < -0.4 is 5.72 Å². The van der Waals surface area contributed by atoms with Crippen molar-refractivity contribution < 1.29 is 9.31 Å². The van der Waals surface area contributed by atoms with Gasteiger partial charge in [0.15, 0.2) is 5.72 Å². The van der Waals surface area contributed by atoms with Crippen LogP contribution in [0.3, 0.4) is 0 Å². The van der Waals surface area contributed by atoms with Gasteiger partial charge in [0.25, 0.3) is 0 Å². The van der Waals surface area contributed by atoms with Gasteiger partial charge in [-0.3, -0.25) is 0 Å². The molecule has 58 valence electrons. The molecule has 0 radical (unpaired) electrons. The minimum atomic E-state index is -0.462. The largest absolute Gasteiger partial charge is 0.533 e. The average molecular weight is 152 g/mol. The molecule has 1 heterocycles. The first kappa shape index (κ1) is 8.16. The first-order valence-electron chi connectivity index (χ1n) is 3.21. The van der Waals surface area contributed by atoms with Crippen LogP contribution in [0.2, 0.25) is 0 Å². The molecule has 1 rings (SSSR count). The summed E-state index contributed by atoms with van der Waals surface area (Å²) in [7, 11) is 2.63. The SMILES string of the molecule is COB(OC)c1ncccn1. The molecule has 5 heteroatoms. The molecule has 0 atom stereocenters. The molecule has 0 saturated heterocycles. The van der Waals surface area contributed by atoms with E-state index in [1.165, 1.54) is 0 Å². The molecule has 0 N–H and O–H groups in total. The Labute approximate surface area is 65.7 Å². The van der Waals surface area contributed by atoms with Crippen molar-refractivity contribution in [3.8, 4) is 0 Å². The van der Waals surface area contributed by atoms with Gasteiger partial charge in [0, 0.05) is 26.6 Å². The lowest BCUT2D eigenvalue weighted by molar-refractivity contribution is 0.290. The van der Waals surface area contributed by atoms with Gasteiger partial charge in [0.1, 0.15) is 0 Å². The predicted octanol–water partition coefficient (Wildman–Crippen LogP) is -0.535. The second-order valence-electron chi connectivity index (χ2n) is 1.91. The van der Waals surface area contributed by atoms with Gasteiger partial charge in [-0.15, -0.1) is 0 Å². The lowest BCUT2D eigenvalue weighted by atomic mass is 9.89. The van der Waals surface area contributed by atoms with Crippen molar-refractivity contribution >= 4 is 12.8 Å². The van der Waals surface area contributed by atoms with Crippen molar-refractivity contribution in [2.75, 3.05) is 14.2 Å². The molecular weight excluding hydrogens is 143 g/mol. The van der Waals surface area contributed by atoms with Crippen LogP contribution in [0, 0.1) is 0 Å². The van der Waals surface area contributed by atoms with E-state index in [0.717, 1.165) is 0 Å². The summed E-state index contributed by atoms with van der Waals surface area (Å²) in [5.74, 6) is 0. The number of hydrogen-bond donors (Lipinski definition) is 0. The molecule has 11 heavy (non-hydrogen) atoms. The zero-order valence-corrected chi connectivity index (χ0v) is 6.52. The van der Waals surface area contributed by atoms with Crippen LogP contribution in [-0.4, -0.2) is 31.3 Å². The summed E-state index contributed by atoms with van der Waals surface area (Å²) in [5.41, 5.74) is 0.539. The molecule has 0 fully saturated rings. The summed E-state index contributed by atoms with van der Waals surface area (Å²) < 4.78 is 9.88. The number of nitrogens with zero attached hydrogens (tertiary/aromatic N) is 2. The second kappa shape index (κ2) is 4.05. The van der Waals surface area contributed by atoms with Crippen LogP contribution in [0.15, 0.2) is 18.5 Å². The van der Waals surface area contributed by atoms with E-state index in [2.05, 4.69) is 9.97 Å². The third-order valence-electron chi connectivity index (χ3n) is 1.22. The van der Waals surface area contributed by atoms with Crippen LogP contribution in [0.1, 0.15) is 0 Å². The van der Waals surface area contributed by atoms with Crippen molar-refractivity contribution in [2.45, 2.75) is 0 Å². The molecule has 0 aliphatic rings. The van der Waals surface area contributed by atoms with Crippen molar-refractivity contribution in [1.82, 2.24) is 9.97 Å². The minimum Gasteiger partial charge on any atom is -0.408 e. The standard InChI is InChI=1S/C6H9BN2O2/c1-10-7(11-2)6-8-4-3-5-9-6/h3-5H,1-2H3. The highest BCUT2D eigenvalue weighted by Gasteiger charge is 2.20. The molecule has 1 aromatic rings. The van der Waals surface area contributed by atoms with E-state index in [1.807, 2.05) is 0 Å². The lowest BCUT2D eigenvalue weighted by Crippen LogP contribution is -2.39. The van der Waals surface area contributed by atoms with Gasteiger partial charge >= 0.3 is 7.12 Å². The maximum absolute atomic E-state index is 4.94. The highest BCUT2D eigenvalue weighted by Crippen LogP contribution is 1.81. The zero-order valence-electron chi connectivity index (χ0n) is 6.52. The minimum absolute atomic E-state index is 0.462. The van der Waals surface area contributed by atoms with Gasteiger partial charge in [-0.25, -0.2) is 9.97 Å². The molecule has 1 aromatic heterocycles. The highest BCUT2D eigenvalue weighted by atomic mass is 16.6. The Balaban J connectivity index is 2.74. The van der Waals surface area contributed by atoms with Gasteiger partial charge in [0.05, 0.1) is 0 Å². The summed E-state index contributed by atoms with van der Waals surface area (Å²) in [6.07, 6.45) is 3.29. The summed E-state index contributed by atoms with van der Waals surface area (Å²) in [6.45, 7) is 0. The molecule has 0 bridgehead atoms. The van der Waals surface area contributed by atoms with Crippen molar-refractivity contribution in [1.29, 1.82) is 0 Å². The van der Waals surface area contributed by atoms with Crippen LogP contribution in [0.5, 0.6) is 0 Å². The summed E-state index contributed by atoms with van der Waals surface area (Å²) in [5, 5.41) is 0. The Morgan fingerprint density at radius 1 is 1.18 bits per heavy atom. The van der Waals surface area contributed by atoms with Gasteiger partial charge in [-0.2, -0.15) is 0 Å². The first-order valence-corrected chi connectivity index (χ1v) is 3.21. The molecule has 0 unspecified atom stereocenters. The maximum Gasteiger partial charge on any atom is 0.533 e. The van der Waals surface area contributed by atoms with E-state index in [9.17, 15) is 0 Å². The Morgan fingerprint density at radius 3 is 2.18 bits per heavy atom. The number of aromatic nitrogens is 2. The predicted molar refractivity (Wildman–Crippen MR) is 41.4 cm³/mol. The Kier molecular flexibility index (Phi) is 3.01. The third-order valence-corrected chi connectivity index (χ3v) is 1.22. The average Bonchev–Trinajstić information content (AvgIpc) is 2.09. The van der Waals surface area contributed by atoms with E-state index in [4.69, 9.17) is 9.31 Å². The monoisotopic (exact) mass is 152 g/mol. The van der Waals surface area contributed by atoms with E-state index < -0.39 is 7.12 Å². The van der Waals surface area contributed by atoms with E-state index in [-0.39, 0.29) is 0 Å². The summed E-state index contributed by atoms with van der Waals surface area (Å²) in [4.78, 5) is 7.92. The number of hydrogen-bond acceptors (Lipinski definition) is 4. The van der Waals surface area contributed by atoms with Gasteiger partial charge in [-0.05, 0) is 6.07 Å². The number of rotatable bonds is 3. The first-order chi connectivity index (χ1) is 5.38. The van der Waals surface area contributed by atoms with Crippen LogP contribution in [-0.2, 0) is 9.31 Å². The van der Waals surface area contributed by atoms with Crippen LogP contribution in [0.25, 0.3) is 0 Å². The van der Waals surface area contributed by atoms with Gasteiger partial charge in [0.2, 0.25) is 0 Å². The quantitative estimate of drug-likeness (QED) is 0.545. The van der Waals surface area contributed by atoms with Crippen LogP contribution >= 0.6 is 0 Å². The van der Waals surface area contributed by atoms with Gasteiger partial charge in [-0.1, -0.05) is 0 Å². The van der Waals surface area contributed by atoms with E-state index in [0.29, 0.717) is 5.72 Å². The lowest BCUT2D eigenvalue weighted by Gasteiger charge is -2.04. The fourth-order valence-electron chi connectivity index (χ4n) is 0.739. The molecule has 0 aliphatic carbocycles.